The van der Waals surface area contributed by atoms with Gasteiger partial charge in [0, 0.05) is 30.7 Å². The molecule has 4 rings (SSSR count). The van der Waals surface area contributed by atoms with E-state index >= 15 is 0 Å². The molecule has 2 fully saturated rings. The SMILES string of the molecule is Cc1c(N2CCC2)c(N)cc2c(=O)c(C(=O)O)cn(C3CC3)c12. The summed E-state index contributed by atoms with van der Waals surface area (Å²) in [6, 6.07) is 1.94. The average molecular weight is 313 g/mol. The van der Waals surface area contributed by atoms with Gasteiger partial charge in [-0.05, 0) is 37.8 Å². The number of fused-ring (bicyclic) bond motifs is 1. The molecule has 1 aliphatic heterocycles. The first kappa shape index (κ1) is 14.1. The molecule has 1 aromatic heterocycles. The van der Waals surface area contributed by atoms with Crippen molar-refractivity contribution in [2.45, 2.75) is 32.2 Å². The zero-order chi connectivity index (χ0) is 16.3. The molecule has 0 amide bonds. The van der Waals surface area contributed by atoms with Crippen molar-refractivity contribution in [3.63, 3.8) is 0 Å². The lowest BCUT2D eigenvalue weighted by Crippen LogP contribution is -2.38. The van der Waals surface area contributed by atoms with Gasteiger partial charge in [0.25, 0.3) is 0 Å². The van der Waals surface area contributed by atoms with Gasteiger partial charge in [0.05, 0.1) is 16.9 Å². The third kappa shape index (κ3) is 2.01. The molecule has 0 bridgehead atoms. The van der Waals surface area contributed by atoms with Gasteiger partial charge in [-0.1, -0.05) is 0 Å². The van der Waals surface area contributed by atoms with Gasteiger partial charge in [-0.3, -0.25) is 4.79 Å². The summed E-state index contributed by atoms with van der Waals surface area (Å²) in [7, 11) is 0. The molecule has 2 aromatic rings. The van der Waals surface area contributed by atoms with Crippen LogP contribution < -0.4 is 16.1 Å². The number of hydrogen-bond acceptors (Lipinski definition) is 4. The van der Waals surface area contributed by atoms with Crippen molar-refractivity contribution in [2.24, 2.45) is 0 Å². The van der Waals surface area contributed by atoms with Crippen LogP contribution in [0.15, 0.2) is 17.1 Å². The van der Waals surface area contributed by atoms with E-state index in [1.807, 2.05) is 11.5 Å². The first-order chi connectivity index (χ1) is 11.0. The van der Waals surface area contributed by atoms with Crippen LogP contribution in [0.1, 0.15) is 41.2 Å². The highest BCUT2D eigenvalue weighted by molar-refractivity contribution is 5.98. The summed E-state index contributed by atoms with van der Waals surface area (Å²) >= 11 is 0. The van der Waals surface area contributed by atoms with E-state index in [1.165, 1.54) is 6.20 Å². The first-order valence-corrected chi connectivity index (χ1v) is 7.95. The molecule has 1 aliphatic carbocycles. The normalized spacial score (nSPS) is 17.3. The lowest BCUT2D eigenvalue weighted by molar-refractivity contribution is 0.0695. The Morgan fingerprint density at radius 2 is 2.04 bits per heavy atom. The summed E-state index contributed by atoms with van der Waals surface area (Å²) < 4.78 is 1.97. The van der Waals surface area contributed by atoms with E-state index < -0.39 is 11.4 Å². The number of pyridine rings is 1. The first-order valence-electron chi connectivity index (χ1n) is 7.95. The number of rotatable bonds is 3. The van der Waals surface area contributed by atoms with Gasteiger partial charge in [-0.15, -0.1) is 0 Å². The predicted molar refractivity (Wildman–Crippen MR) is 89.4 cm³/mol. The second-order valence-electron chi connectivity index (χ2n) is 6.49. The maximum Gasteiger partial charge on any atom is 0.341 e. The Labute approximate surface area is 133 Å². The van der Waals surface area contributed by atoms with Crippen LogP contribution in [0.25, 0.3) is 10.9 Å². The van der Waals surface area contributed by atoms with Crippen LogP contribution in [0.2, 0.25) is 0 Å². The van der Waals surface area contributed by atoms with Crippen molar-refractivity contribution in [1.29, 1.82) is 0 Å². The lowest BCUT2D eigenvalue weighted by Gasteiger charge is -2.36. The number of aromatic carboxylic acids is 1. The molecule has 3 N–H and O–H groups in total. The Morgan fingerprint density at radius 3 is 2.57 bits per heavy atom. The van der Waals surface area contributed by atoms with E-state index in [2.05, 4.69) is 4.90 Å². The van der Waals surface area contributed by atoms with Crippen molar-refractivity contribution < 1.29 is 9.90 Å². The molecule has 0 atom stereocenters. The number of nitrogen functional groups attached to an aromatic ring is 1. The number of nitrogens with two attached hydrogens (primary N) is 1. The molecule has 6 nitrogen and oxygen atoms in total. The van der Waals surface area contributed by atoms with Crippen LogP contribution in [0.3, 0.4) is 0 Å². The van der Waals surface area contributed by atoms with Crippen LogP contribution in [-0.2, 0) is 0 Å². The standard InChI is InChI=1S/C17H19N3O3/c1-9-14-11(7-13(18)15(9)19-5-2-6-19)16(21)12(17(22)23)8-20(14)10-3-4-10/h7-8,10H,2-6,18H2,1H3,(H,22,23). The molecule has 0 unspecified atom stereocenters. The summed E-state index contributed by atoms with van der Waals surface area (Å²) in [5.41, 5.74) is 8.91. The predicted octanol–water partition coefficient (Wildman–Crippen LogP) is 2.14. The Balaban J connectivity index is 2.09. The molecule has 1 saturated carbocycles. The highest BCUT2D eigenvalue weighted by Gasteiger charge is 2.29. The summed E-state index contributed by atoms with van der Waals surface area (Å²) in [5, 5.41) is 9.74. The number of nitrogens with zero attached hydrogens (tertiary/aromatic N) is 2. The van der Waals surface area contributed by atoms with Crippen LogP contribution in [0.5, 0.6) is 0 Å². The topological polar surface area (TPSA) is 88.6 Å². The number of anilines is 2. The summed E-state index contributed by atoms with van der Waals surface area (Å²) in [4.78, 5) is 26.2. The van der Waals surface area contributed by atoms with Crippen LogP contribution in [-0.4, -0.2) is 28.7 Å². The Hall–Kier alpha value is -2.50. The van der Waals surface area contributed by atoms with Crippen molar-refractivity contribution in [1.82, 2.24) is 4.57 Å². The second-order valence-corrected chi connectivity index (χ2v) is 6.49. The number of aryl methyl sites for hydroxylation is 1. The van der Waals surface area contributed by atoms with Crippen LogP contribution >= 0.6 is 0 Å². The maximum absolute atomic E-state index is 12.6. The van der Waals surface area contributed by atoms with Gasteiger partial charge < -0.3 is 20.3 Å². The maximum atomic E-state index is 12.6. The van der Waals surface area contributed by atoms with Crippen LogP contribution in [0, 0.1) is 6.92 Å². The van der Waals surface area contributed by atoms with E-state index in [9.17, 15) is 14.7 Å². The quantitative estimate of drug-likeness (QED) is 0.848. The fourth-order valence-corrected chi connectivity index (χ4v) is 3.49. The van der Waals surface area contributed by atoms with E-state index in [0.717, 1.165) is 49.1 Å². The van der Waals surface area contributed by atoms with E-state index in [1.54, 1.807) is 6.07 Å². The third-order valence-electron chi connectivity index (χ3n) is 4.90. The van der Waals surface area contributed by atoms with Gasteiger partial charge in [0.2, 0.25) is 5.43 Å². The molecule has 120 valence electrons. The van der Waals surface area contributed by atoms with Crippen molar-refractivity contribution in [2.75, 3.05) is 23.7 Å². The molecule has 0 radical (unpaired) electrons. The number of benzene rings is 1. The minimum absolute atomic E-state index is 0.181. The number of carboxylic acids is 1. The molecular formula is C17H19N3O3. The van der Waals surface area contributed by atoms with Gasteiger partial charge in [0.15, 0.2) is 0 Å². The van der Waals surface area contributed by atoms with Gasteiger partial charge in [-0.25, -0.2) is 4.79 Å². The highest BCUT2D eigenvalue weighted by atomic mass is 16.4. The Morgan fingerprint density at radius 1 is 1.35 bits per heavy atom. The number of aromatic nitrogens is 1. The second kappa shape index (κ2) is 4.75. The zero-order valence-corrected chi connectivity index (χ0v) is 13.0. The molecule has 6 heteroatoms. The highest BCUT2D eigenvalue weighted by Crippen LogP contribution is 2.41. The summed E-state index contributed by atoms with van der Waals surface area (Å²) in [6.07, 6.45) is 4.68. The Bertz CT molecular complexity index is 892. The minimum Gasteiger partial charge on any atom is -0.477 e. The van der Waals surface area contributed by atoms with Gasteiger partial charge in [0.1, 0.15) is 5.56 Å². The van der Waals surface area contributed by atoms with Crippen LogP contribution in [0.4, 0.5) is 11.4 Å². The minimum atomic E-state index is -1.19. The Kier molecular flexibility index (Phi) is 2.91. The molecule has 0 spiro atoms. The summed E-state index contributed by atoms with van der Waals surface area (Å²) in [6.45, 7) is 3.92. The van der Waals surface area contributed by atoms with Crippen molar-refractivity contribution >= 4 is 28.2 Å². The van der Waals surface area contributed by atoms with Crippen molar-refractivity contribution in [3.8, 4) is 0 Å². The molecule has 1 aromatic carbocycles. The van der Waals surface area contributed by atoms with E-state index in [-0.39, 0.29) is 11.6 Å². The largest absolute Gasteiger partial charge is 0.477 e. The van der Waals surface area contributed by atoms with Gasteiger partial charge >= 0.3 is 5.97 Å². The third-order valence-corrected chi connectivity index (χ3v) is 4.90. The molecule has 23 heavy (non-hydrogen) atoms. The smallest absolute Gasteiger partial charge is 0.341 e. The molecule has 2 aliphatic rings. The molecular weight excluding hydrogens is 294 g/mol. The molecule has 2 heterocycles. The fraction of sp³-hybridized carbons (Fsp3) is 0.412. The molecule has 1 saturated heterocycles. The average Bonchev–Trinajstić information content (AvgIpc) is 3.26. The lowest BCUT2D eigenvalue weighted by atomic mass is 10.0. The van der Waals surface area contributed by atoms with E-state index in [0.29, 0.717) is 11.1 Å². The van der Waals surface area contributed by atoms with Gasteiger partial charge in [-0.2, -0.15) is 0 Å². The number of carboxylic acid groups (broad SMARTS) is 1. The zero-order valence-electron chi connectivity index (χ0n) is 13.0. The number of carbonyl (C=O) groups is 1. The monoisotopic (exact) mass is 313 g/mol. The van der Waals surface area contributed by atoms with E-state index in [4.69, 9.17) is 5.73 Å². The fourth-order valence-electron chi connectivity index (χ4n) is 3.49. The summed E-state index contributed by atoms with van der Waals surface area (Å²) in [5.74, 6) is -1.19. The number of hydrogen-bond donors (Lipinski definition) is 2. The van der Waals surface area contributed by atoms with Crippen molar-refractivity contribution in [3.05, 3.63) is 33.6 Å².